The summed E-state index contributed by atoms with van der Waals surface area (Å²) in [6.07, 6.45) is 3.50. The lowest BCUT2D eigenvalue weighted by atomic mass is 10.2. The molecule has 0 fully saturated rings. The van der Waals surface area contributed by atoms with Gasteiger partial charge in [-0.2, -0.15) is 0 Å². The van der Waals surface area contributed by atoms with Crippen molar-refractivity contribution >= 4 is 23.2 Å². The van der Waals surface area contributed by atoms with Crippen molar-refractivity contribution < 1.29 is 0 Å². The summed E-state index contributed by atoms with van der Waals surface area (Å²) in [6.45, 7) is 1.98. The topological polar surface area (TPSA) is 54.7 Å². The fourth-order valence-corrected chi connectivity index (χ4v) is 2.10. The van der Waals surface area contributed by atoms with E-state index in [0.717, 1.165) is 29.9 Å². The van der Waals surface area contributed by atoms with E-state index in [4.69, 9.17) is 28.9 Å². The smallest absolute Gasteiger partial charge is 0.106 e. The maximum Gasteiger partial charge on any atom is 0.106 e. The Morgan fingerprint density at radius 1 is 1.39 bits per heavy atom. The number of nitrogens with zero attached hydrogens (tertiary/aromatic N) is 1. The molecule has 0 aliphatic rings. The van der Waals surface area contributed by atoms with E-state index in [1.165, 1.54) is 0 Å². The van der Waals surface area contributed by atoms with Gasteiger partial charge in [-0.1, -0.05) is 35.3 Å². The summed E-state index contributed by atoms with van der Waals surface area (Å²) in [7, 11) is 0. The van der Waals surface area contributed by atoms with Crippen LogP contribution in [0.25, 0.3) is 11.3 Å². The van der Waals surface area contributed by atoms with Crippen LogP contribution in [0.15, 0.2) is 24.4 Å². The molecule has 3 nitrogen and oxygen atoms in total. The number of aryl methyl sites for hydroxylation is 1. The van der Waals surface area contributed by atoms with E-state index < -0.39 is 0 Å². The van der Waals surface area contributed by atoms with Crippen LogP contribution in [-0.2, 0) is 6.42 Å². The molecule has 0 radical (unpaired) electrons. The Labute approximate surface area is 116 Å². The normalized spacial score (nSPS) is 12.7. The highest BCUT2D eigenvalue weighted by Gasteiger charge is 2.09. The molecule has 0 saturated heterocycles. The van der Waals surface area contributed by atoms with E-state index in [9.17, 15) is 0 Å². The van der Waals surface area contributed by atoms with Gasteiger partial charge in [-0.25, -0.2) is 4.98 Å². The molecule has 2 rings (SSSR count). The van der Waals surface area contributed by atoms with Gasteiger partial charge in [-0.05, 0) is 19.4 Å². The summed E-state index contributed by atoms with van der Waals surface area (Å²) in [6, 6.07) is 5.72. The molecular formula is C13H15Cl2N3. The van der Waals surface area contributed by atoms with Crippen molar-refractivity contribution in [3.8, 4) is 11.3 Å². The van der Waals surface area contributed by atoms with Crippen LogP contribution in [0.2, 0.25) is 10.0 Å². The van der Waals surface area contributed by atoms with Crippen molar-refractivity contribution in [2.45, 2.75) is 25.8 Å². The fraction of sp³-hybridized carbons (Fsp3) is 0.308. The minimum absolute atomic E-state index is 0.174. The molecule has 1 heterocycles. The molecule has 0 bridgehead atoms. The largest absolute Gasteiger partial charge is 0.342 e. The molecule has 5 heteroatoms. The standard InChI is InChI=1S/C13H15Cl2N3/c1-8(16)5-6-12-17-7-11(18-12)9-3-2-4-10(14)13(9)15/h2-4,7-8H,5-6,16H2,1H3,(H,17,18). The molecule has 1 aromatic carbocycles. The molecule has 0 aliphatic heterocycles. The summed E-state index contributed by atoms with van der Waals surface area (Å²) in [4.78, 5) is 7.57. The fourth-order valence-electron chi connectivity index (χ4n) is 1.70. The van der Waals surface area contributed by atoms with Crippen LogP contribution in [0.3, 0.4) is 0 Å². The maximum atomic E-state index is 6.16. The second-order valence-corrected chi connectivity index (χ2v) is 5.15. The van der Waals surface area contributed by atoms with Crippen LogP contribution in [0.5, 0.6) is 0 Å². The van der Waals surface area contributed by atoms with Gasteiger partial charge in [0.2, 0.25) is 0 Å². The van der Waals surface area contributed by atoms with Gasteiger partial charge in [0.05, 0.1) is 21.9 Å². The van der Waals surface area contributed by atoms with Crippen LogP contribution in [0, 0.1) is 0 Å². The highest BCUT2D eigenvalue weighted by Crippen LogP contribution is 2.32. The number of rotatable bonds is 4. The third-order valence-electron chi connectivity index (χ3n) is 2.71. The Bertz CT molecular complexity index is 535. The van der Waals surface area contributed by atoms with E-state index in [1.807, 2.05) is 19.1 Å². The van der Waals surface area contributed by atoms with Crippen LogP contribution in [-0.4, -0.2) is 16.0 Å². The Hall–Kier alpha value is -1.03. The summed E-state index contributed by atoms with van der Waals surface area (Å²) < 4.78 is 0. The first kappa shape index (κ1) is 13.4. The minimum Gasteiger partial charge on any atom is -0.342 e. The number of benzene rings is 1. The number of aromatic nitrogens is 2. The van der Waals surface area contributed by atoms with Gasteiger partial charge in [-0.15, -0.1) is 0 Å². The molecule has 0 aliphatic carbocycles. The van der Waals surface area contributed by atoms with E-state index >= 15 is 0 Å². The maximum absolute atomic E-state index is 6.16. The molecule has 1 unspecified atom stereocenters. The van der Waals surface area contributed by atoms with E-state index in [1.54, 1.807) is 12.3 Å². The first-order valence-corrected chi connectivity index (χ1v) is 6.57. The van der Waals surface area contributed by atoms with Crippen molar-refractivity contribution in [1.29, 1.82) is 0 Å². The van der Waals surface area contributed by atoms with Gasteiger partial charge < -0.3 is 10.7 Å². The lowest BCUT2D eigenvalue weighted by molar-refractivity contribution is 0.652. The van der Waals surface area contributed by atoms with Gasteiger partial charge in [0.1, 0.15) is 5.82 Å². The number of hydrogen-bond acceptors (Lipinski definition) is 2. The van der Waals surface area contributed by atoms with Crippen LogP contribution in [0.4, 0.5) is 0 Å². The number of aromatic amines is 1. The van der Waals surface area contributed by atoms with Crippen molar-refractivity contribution in [2.24, 2.45) is 5.73 Å². The third kappa shape index (κ3) is 3.05. The van der Waals surface area contributed by atoms with Gasteiger partial charge in [0, 0.05) is 18.0 Å². The number of nitrogens with two attached hydrogens (primary N) is 1. The Balaban J connectivity index is 2.21. The van der Waals surface area contributed by atoms with Crippen LogP contribution < -0.4 is 5.73 Å². The Morgan fingerprint density at radius 2 is 2.17 bits per heavy atom. The first-order chi connectivity index (χ1) is 8.58. The average molecular weight is 284 g/mol. The number of H-pyrrole nitrogens is 1. The highest BCUT2D eigenvalue weighted by atomic mass is 35.5. The minimum atomic E-state index is 0.174. The van der Waals surface area contributed by atoms with Crippen molar-refractivity contribution in [1.82, 2.24) is 9.97 Å². The third-order valence-corrected chi connectivity index (χ3v) is 3.53. The first-order valence-electron chi connectivity index (χ1n) is 5.81. The highest BCUT2D eigenvalue weighted by molar-refractivity contribution is 6.43. The van der Waals surface area contributed by atoms with E-state index in [-0.39, 0.29) is 6.04 Å². The summed E-state index contributed by atoms with van der Waals surface area (Å²) in [5.41, 5.74) is 7.46. The second kappa shape index (κ2) is 5.74. The van der Waals surface area contributed by atoms with Crippen LogP contribution >= 0.6 is 23.2 Å². The lowest BCUT2D eigenvalue weighted by Crippen LogP contribution is -2.15. The summed E-state index contributed by atoms with van der Waals surface area (Å²) >= 11 is 12.2. The Morgan fingerprint density at radius 3 is 2.89 bits per heavy atom. The van der Waals surface area contributed by atoms with E-state index in [0.29, 0.717) is 10.0 Å². The molecule has 0 spiro atoms. The molecule has 0 saturated carbocycles. The zero-order valence-corrected chi connectivity index (χ0v) is 11.6. The molecule has 1 aromatic heterocycles. The van der Waals surface area contributed by atoms with E-state index in [2.05, 4.69) is 9.97 Å². The monoisotopic (exact) mass is 283 g/mol. The van der Waals surface area contributed by atoms with Gasteiger partial charge >= 0.3 is 0 Å². The number of imidazole rings is 1. The van der Waals surface area contributed by atoms with Crippen molar-refractivity contribution in [3.05, 3.63) is 40.3 Å². The quantitative estimate of drug-likeness (QED) is 0.900. The molecule has 1 atom stereocenters. The molecule has 2 aromatic rings. The number of nitrogens with one attached hydrogen (secondary N) is 1. The molecule has 96 valence electrons. The molecule has 0 amide bonds. The van der Waals surface area contributed by atoms with Crippen molar-refractivity contribution in [3.63, 3.8) is 0 Å². The van der Waals surface area contributed by atoms with Gasteiger partial charge in [-0.3, -0.25) is 0 Å². The molecule has 18 heavy (non-hydrogen) atoms. The van der Waals surface area contributed by atoms with Gasteiger partial charge in [0.15, 0.2) is 0 Å². The predicted molar refractivity (Wildman–Crippen MR) is 76.0 cm³/mol. The average Bonchev–Trinajstić information content (AvgIpc) is 2.78. The van der Waals surface area contributed by atoms with Crippen molar-refractivity contribution in [2.75, 3.05) is 0 Å². The number of hydrogen-bond donors (Lipinski definition) is 2. The van der Waals surface area contributed by atoms with Gasteiger partial charge in [0.25, 0.3) is 0 Å². The molecular weight excluding hydrogens is 269 g/mol. The zero-order valence-electron chi connectivity index (χ0n) is 10.1. The molecule has 3 N–H and O–H groups in total. The zero-order chi connectivity index (χ0) is 13.1. The Kier molecular flexibility index (Phi) is 4.27. The predicted octanol–water partition coefficient (Wildman–Crippen LogP) is 3.66. The summed E-state index contributed by atoms with van der Waals surface area (Å²) in [5.74, 6) is 0.915. The summed E-state index contributed by atoms with van der Waals surface area (Å²) in [5, 5.41) is 1.09. The van der Waals surface area contributed by atoms with Crippen LogP contribution in [0.1, 0.15) is 19.2 Å². The lowest BCUT2D eigenvalue weighted by Gasteiger charge is -2.03. The second-order valence-electron chi connectivity index (χ2n) is 4.36. The number of halogens is 2. The SMILES string of the molecule is CC(N)CCc1ncc(-c2cccc(Cl)c2Cl)[nH]1.